The first-order chi connectivity index (χ1) is 11.6. The molecular formula is C20H28N2O2. The van der Waals surface area contributed by atoms with E-state index in [1.54, 1.807) is 0 Å². The van der Waals surface area contributed by atoms with Crippen molar-refractivity contribution in [2.45, 2.75) is 52.6 Å². The molecule has 0 N–H and O–H groups in total. The molecular weight excluding hydrogens is 300 g/mol. The summed E-state index contributed by atoms with van der Waals surface area (Å²) in [6.45, 7) is 10.2. The molecule has 1 aromatic rings. The maximum absolute atomic E-state index is 5.84. The first kappa shape index (κ1) is 17.0. The molecule has 2 aliphatic heterocycles. The van der Waals surface area contributed by atoms with Crippen molar-refractivity contribution in [1.82, 2.24) is 0 Å². The Kier molecular flexibility index (Phi) is 5.22. The SMILES string of the molecule is CC[C@H](C)[C@H]1COC(c2cccc(C3=N[C@@H]([C@@H](C)CC)CO3)c2)=N1. The van der Waals surface area contributed by atoms with Gasteiger partial charge in [-0.1, -0.05) is 46.6 Å². The minimum atomic E-state index is 0.267. The predicted octanol–water partition coefficient (Wildman–Crippen LogP) is 4.07. The first-order valence-electron chi connectivity index (χ1n) is 9.14. The van der Waals surface area contributed by atoms with Gasteiger partial charge in [-0.05, 0) is 30.0 Å². The lowest BCUT2D eigenvalue weighted by molar-refractivity contribution is 0.282. The number of benzene rings is 1. The average Bonchev–Trinajstić information content (AvgIpc) is 3.30. The zero-order chi connectivity index (χ0) is 17.1. The minimum Gasteiger partial charge on any atom is -0.475 e. The Morgan fingerprint density at radius 1 is 0.917 bits per heavy atom. The van der Waals surface area contributed by atoms with E-state index >= 15 is 0 Å². The van der Waals surface area contributed by atoms with Gasteiger partial charge in [-0.3, -0.25) is 0 Å². The van der Waals surface area contributed by atoms with Gasteiger partial charge in [0.25, 0.3) is 0 Å². The molecule has 4 nitrogen and oxygen atoms in total. The molecule has 2 aliphatic rings. The molecule has 3 rings (SSSR count). The molecule has 0 aliphatic carbocycles. The van der Waals surface area contributed by atoms with Crippen LogP contribution in [0.2, 0.25) is 0 Å². The van der Waals surface area contributed by atoms with E-state index in [-0.39, 0.29) is 12.1 Å². The van der Waals surface area contributed by atoms with Gasteiger partial charge in [-0.2, -0.15) is 0 Å². The highest BCUT2D eigenvalue weighted by Gasteiger charge is 2.26. The lowest BCUT2D eigenvalue weighted by Gasteiger charge is -2.11. The standard InChI is InChI=1S/C20H28N2O2/c1-5-13(3)17-11-23-19(21-17)15-8-7-9-16(10-15)20-22-18(12-24-20)14(4)6-2/h7-10,13-14,17-18H,5-6,11-12H2,1-4H3/t13-,14-,17+,18+/m0/s1. The molecule has 130 valence electrons. The van der Waals surface area contributed by atoms with Crippen LogP contribution in [0.4, 0.5) is 0 Å². The lowest BCUT2D eigenvalue weighted by atomic mass is 10.0. The van der Waals surface area contributed by atoms with Crippen LogP contribution in [-0.4, -0.2) is 37.1 Å². The van der Waals surface area contributed by atoms with Crippen molar-refractivity contribution in [3.8, 4) is 0 Å². The molecule has 0 saturated heterocycles. The Morgan fingerprint density at radius 3 is 1.79 bits per heavy atom. The van der Waals surface area contributed by atoms with Crippen molar-refractivity contribution >= 4 is 11.8 Å². The van der Waals surface area contributed by atoms with Gasteiger partial charge < -0.3 is 9.47 Å². The van der Waals surface area contributed by atoms with Gasteiger partial charge in [-0.25, -0.2) is 9.98 Å². The Balaban J connectivity index is 1.78. The van der Waals surface area contributed by atoms with E-state index in [0.29, 0.717) is 25.0 Å². The van der Waals surface area contributed by atoms with Crippen molar-refractivity contribution < 1.29 is 9.47 Å². The number of ether oxygens (including phenoxy) is 2. The van der Waals surface area contributed by atoms with Gasteiger partial charge in [0, 0.05) is 11.1 Å². The molecule has 0 saturated carbocycles. The lowest BCUT2D eigenvalue weighted by Crippen LogP contribution is -2.16. The molecule has 0 aromatic heterocycles. The van der Waals surface area contributed by atoms with E-state index < -0.39 is 0 Å². The van der Waals surface area contributed by atoms with Crippen molar-refractivity contribution in [1.29, 1.82) is 0 Å². The fourth-order valence-electron chi connectivity index (χ4n) is 3.01. The van der Waals surface area contributed by atoms with E-state index in [1.807, 2.05) is 18.2 Å². The van der Waals surface area contributed by atoms with Crippen LogP contribution in [0.3, 0.4) is 0 Å². The van der Waals surface area contributed by atoms with Gasteiger partial charge in [0.2, 0.25) is 11.8 Å². The van der Waals surface area contributed by atoms with E-state index in [1.165, 1.54) is 0 Å². The highest BCUT2D eigenvalue weighted by molar-refractivity contribution is 6.00. The van der Waals surface area contributed by atoms with E-state index in [4.69, 9.17) is 19.5 Å². The van der Waals surface area contributed by atoms with Crippen molar-refractivity contribution in [3.63, 3.8) is 0 Å². The largest absolute Gasteiger partial charge is 0.475 e. The van der Waals surface area contributed by atoms with Gasteiger partial charge >= 0.3 is 0 Å². The number of rotatable bonds is 6. The van der Waals surface area contributed by atoms with Crippen LogP contribution in [0.15, 0.2) is 34.3 Å². The summed E-state index contributed by atoms with van der Waals surface area (Å²) >= 11 is 0. The molecule has 0 unspecified atom stereocenters. The minimum absolute atomic E-state index is 0.267. The molecule has 0 bridgehead atoms. The van der Waals surface area contributed by atoms with Crippen molar-refractivity contribution in [2.24, 2.45) is 21.8 Å². The predicted molar refractivity (Wildman–Crippen MR) is 97.9 cm³/mol. The van der Waals surface area contributed by atoms with Crippen LogP contribution in [0.25, 0.3) is 0 Å². The smallest absolute Gasteiger partial charge is 0.216 e. The quantitative estimate of drug-likeness (QED) is 0.790. The third kappa shape index (κ3) is 3.47. The molecule has 4 atom stereocenters. The van der Waals surface area contributed by atoms with Gasteiger partial charge in [0.05, 0.1) is 12.1 Å². The number of nitrogens with zero attached hydrogens (tertiary/aromatic N) is 2. The van der Waals surface area contributed by atoms with Crippen molar-refractivity contribution in [3.05, 3.63) is 35.4 Å². The summed E-state index contributed by atoms with van der Waals surface area (Å²) in [5.74, 6) is 2.59. The summed E-state index contributed by atoms with van der Waals surface area (Å²) in [7, 11) is 0. The Hall–Kier alpha value is -1.84. The van der Waals surface area contributed by atoms with Gasteiger partial charge in [-0.15, -0.1) is 0 Å². The average molecular weight is 328 g/mol. The maximum atomic E-state index is 5.84. The van der Waals surface area contributed by atoms with E-state index in [2.05, 4.69) is 33.8 Å². The highest BCUT2D eigenvalue weighted by Crippen LogP contribution is 2.23. The summed E-state index contributed by atoms with van der Waals surface area (Å²) in [5, 5.41) is 0. The van der Waals surface area contributed by atoms with Crippen LogP contribution in [-0.2, 0) is 9.47 Å². The molecule has 2 heterocycles. The topological polar surface area (TPSA) is 43.2 Å². The normalized spacial score (nSPS) is 25.5. The van der Waals surface area contributed by atoms with Crippen LogP contribution < -0.4 is 0 Å². The summed E-state index contributed by atoms with van der Waals surface area (Å²) in [4.78, 5) is 9.53. The molecule has 4 heteroatoms. The molecule has 0 radical (unpaired) electrons. The third-order valence-electron chi connectivity index (χ3n) is 5.31. The molecule has 0 fully saturated rings. The van der Waals surface area contributed by atoms with Crippen molar-refractivity contribution in [2.75, 3.05) is 13.2 Å². The Bertz CT molecular complexity index is 587. The summed E-state index contributed by atoms with van der Waals surface area (Å²) in [5.41, 5.74) is 2.02. The summed E-state index contributed by atoms with van der Waals surface area (Å²) < 4.78 is 11.7. The third-order valence-corrected chi connectivity index (χ3v) is 5.31. The molecule has 1 aromatic carbocycles. The Morgan fingerprint density at radius 2 is 1.38 bits per heavy atom. The second-order valence-corrected chi connectivity index (χ2v) is 6.98. The van der Waals surface area contributed by atoms with Crippen LogP contribution in [0, 0.1) is 11.8 Å². The molecule has 24 heavy (non-hydrogen) atoms. The summed E-state index contributed by atoms with van der Waals surface area (Å²) in [6.07, 6.45) is 2.24. The van der Waals surface area contributed by atoms with Crippen LogP contribution >= 0.6 is 0 Å². The Labute approximate surface area is 145 Å². The molecule has 0 spiro atoms. The van der Waals surface area contributed by atoms with E-state index in [9.17, 15) is 0 Å². The molecule has 0 amide bonds. The van der Waals surface area contributed by atoms with E-state index in [0.717, 1.165) is 35.8 Å². The number of hydrogen-bond donors (Lipinski definition) is 0. The second kappa shape index (κ2) is 7.37. The number of aliphatic imine (C=N–C) groups is 2. The summed E-state index contributed by atoms with van der Waals surface area (Å²) in [6, 6.07) is 8.73. The fourth-order valence-corrected chi connectivity index (χ4v) is 3.01. The van der Waals surface area contributed by atoms with Gasteiger partial charge in [0.15, 0.2) is 0 Å². The fraction of sp³-hybridized carbons (Fsp3) is 0.600. The van der Waals surface area contributed by atoms with Crippen LogP contribution in [0.1, 0.15) is 51.7 Å². The monoisotopic (exact) mass is 328 g/mol. The zero-order valence-electron chi connectivity index (χ0n) is 15.2. The first-order valence-corrected chi connectivity index (χ1v) is 9.14. The van der Waals surface area contributed by atoms with Crippen LogP contribution in [0.5, 0.6) is 0 Å². The second-order valence-electron chi connectivity index (χ2n) is 6.98. The zero-order valence-corrected chi connectivity index (χ0v) is 15.2. The highest BCUT2D eigenvalue weighted by atomic mass is 16.5. The van der Waals surface area contributed by atoms with Gasteiger partial charge in [0.1, 0.15) is 13.2 Å². The maximum Gasteiger partial charge on any atom is 0.216 e. The number of hydrogen-bond acceptors (Lipinski definition) is 4.